The Kier molecular flexibility index (Phi) is 7.39. The van der Waals surface area contributed by atoms with Gasteiger partial charge in [0.2, 0.25) is 11.8 Å². The molecule has 0 spiro atoms. The smallest absolute Gasteiger partial charge is 0.267 e. The molecular weight excluding hydrogens is 480 g/mol. The van der Waals surface area contributed by atoms with Crippen molar-refractivity contribution in [1.29, 1.82) is 0 Å². The van der Waals surface area contributed by atoms with Gasteiger partial charge in [-0.1, -0.05) is 24.3 Å². The Hall–Kier alpha value is -3.34. The summed E-state index contributed by atoms with van der Waals surface area (Å²) in [5.74, 6) is -1.64. The highest BCUT2D eigenvalue weighted by molar-refractivity contribution is 7.90. The number of likely N-dealkylation sites (tertiary alicyclic amines) is 1. The third-order valence-electron chi connectivity index (χ3n) is 6.93. The fourth-order valence-corrected chi connectivity index (χ4v) is 6.97. The highest BCUT2D eigenvalue weighted by Gasteiger charge is 2.57. The van der Waals surface area contributed by atoms with E-state index in [2.05, 4.69) is 4.99 Å². The lowest BCUT2D eigenvalue weighted by Crippen LogP contribution is -2.68. The number of carbonyl (C=O) groups is 2. The molecule has 0 saturated carbocycles. The van der Waals surface area contributed by atoms with Gasteiger partial charge in [0.25, 0.3) is 10.0 Å². The first-order valence-corrected chi connectivity index (χ1v) is 13.7. The maximum absolute atomic E-state index is 13.9. The van der Waals surface area contributed by atoms with Gasteiger partial charge < -0.3 is 21.3 Å². The second-order valence-electron chi connectivity index (χ2n) is 9.55. The molecule has 0 radical (unpaired) electrons. The molecular formula is C25H34N6O4S. The van der Waals surface area contributed by atoms with Crippen molar-refractivity contribution in [2.45, 2.75) is 43.0 Å². The fourth-order valence-electron chi connectivity index (χ4n) is 5.14. The molecule has 2 heterocycles. The quantitative estimate of drug-likeness (QED) is 0.235. The van der Waals surface area contributed by atoms with E-state index in [4.69, 9.17) is 11.5 Å². The van der Waals surface area contributed by atoms with Crippen LogP contribution in [-0.4, -0.2) is 75.2 Å². The van der Waals surface area contributed by atoms with E-state index in [1.165, 1.54) is 6.07 Å². The normalized spacial score (nSPS) is 20.2. The number of aliphatic imine (C=N–C) groups is 1. The SMILES string of the molecule is CN(C)c1cccc2c(S(=O)(=O)N3C(=O)[C@H](CCCN=C(N)N)C3C(=O)N3CCCCC3)cccc12. The van der Waals surface area contributed by atoms with Gasteiger partial charge in [0.1, 0.15) is 6.04 Å². The molecule has 2 aliphatic rings. The number of nitrogens with zero attached hydrogens (tertiary/aromatic N) is 4. The van der Waals surface area contributed by atoms with Crippen LogP contribution in [0.4, 0.5) is 5.69 Å². The van der Waals surface area contributed by atoms with Gasteiger partial charge in [-0.05, 0) is 44.2 Å². The number of guanidine groups is 1. The lowest BCUT2D eigenvalue weighted by molar-refractivity contribution is -0.159. The minimum absolute atomic E-state index is 0.0208. The highest BCUT2D eigenvalue weighted by Crippen LogP contribution is 2.40. The van der Waals surface area contributed by atoms with E-state index in [1.54, 1.807) is 23.1 Å². The van der Waals surface area contributed by atoms with E-state index in [0.29, 0.717) is 37.9 Å². The van der Waals surface area contributed by atoms with E-state index in [1.807, 2.05) is 31.1 Å². The Morgan fingerprint density at radius 1 is 1.06 bits per heavy atom. The van der Waals surface area contributed by atoms with Crippen molar-refractivity contribution >= 4 is 44.3 Å². The molecule has 0 aromatic heterocycles. The lowest BCUT2D eigenvalue weighted by atomic mass is 9.85. The Labute approximate surface area is 212 Å². The summed E-state index contributed by atoms with van der Waals surface area (Å²) in [4.78, 5) is 34.4. The van der Waals surface area contributed by atoms with Crippen LogP contribution in [0.15, 0.2) is 46.3 Å². The van der Waals surface area contributed by atoms with Gasteiger partial charge in [-0.25, -0.2) is 12.7 Å². The second-order valence-corrected chi connectivity index (χ2v) is 11.3. The Morgan fingerprint density at radius 3 is 2.39 bits per heavy atom. The van der Waals surface area contributed by atoms with Crippen LogP contribution in [0.3, 0.4) is 0 Å². The number of benzene rings is 2. The molecule has 10 nitrogen and oxygen atoms in total. The molecule has 4 N–H and O–H groups in total. The predicted molar refractivity (Wildman–Crippen MR) is 140 cm³/mol. The van der Waals surface area contributed by atoms with Gasteiger partial charge >= 0.3 is 0 Å². The molecule has 2 aliphatic heterocycles. The number of piperidine rings is 1. The number of β-lactam (4-membered cyclic amide) rings is 1. The van der Waals surface area contributed by atoms with Crippen LogP contribution in [-0.2, 0) is 19.6 Å². The van der Waals surface area contributed by atoms with E-state index in [0.717, 1.165) is 34.6 Å². The summed E-state index contributed by atoms with van der Waals surface area (Å²) >= 11 is 0. The predicted octanol–water partition coefficient (Wildman–Crippen LogP) is 1.49. The van der Waals surface area contributed by atoms with Crippen molar-refractivity contribution in [3.63, 3.8) is 0 Å². The number of hydrogen-bond acceptors (Lipinski definition) is 6. The van der Waals surface area contributed by atoms with Crippen LogP contribution in [0.5, 0.6) is 0 Å². The molecule has 2 aromatic rings. The first kappa shape index (κ1) is 25.7. The number of rotatable bonds is 8. The van der Waals surface area contributed by atoms with Crippen LogP contribution < -0.4 is 16.4 Å². The van der Waals surface area contributed by atoms with Crippen molar-refractivity contribution in [1.82, 2.24) is 9.21 Å². The monoisotopic (exact) mass is 514 g/mol. The number of anilines is 1. The number of fused-ring (bicyclic) bond motifs is 1. The van der Waals surface area contributed by atoms with E-state index < -0.39 is 27.9 Å². The van der Waals surface area contributed by atoms with E-state index in [9.17, 15) is 18.0 Å². The molecule has 36 heavy (non-hydrogen) atoms. The van der Waals surface area contributed by atoms with Crippen LogP contribution in [0.1, 0.15) is 32.1 Å². The first-order valence-electron chi connectivity index (χ1n) is 12.3. The Morgan fingerprint density at radius 2 is 1.72 bits per heavy atom. The zero-order valence-electron chi connectivity index (χ0n) is 20.8. The average Bonchev–Trinajstić information content (AvgIpc) is 2.85. The maximum Gasteiger partial charge on any atom is 0.267 e. The van der Waals surface area contributed by atoms with Gasteiger partial charge in [-0.3, -0.25) is 14.6 Å². The third kappa shape index (κ3) is 4.71. The highest BCUT2D eigenvalue weighted by atomic mass is 32.2. The molecule has 2 saturated heterocycles. The standard InChI is InChI=1S/C25H34N6O4S/c1-29(2)20-12-6-10-18-17(20)9-7-13-21(18)36(34,35)31-22(24(33)30-15-4-3-5-16-30)19(23(31)32)11-8-14-28-25(26)27/h6-7,9-10,12-13,19,22H,3-5,8,11,14-16H2,1-2H3,(H4,26,27,28)/t19-,22?/m1/s1. The van der Waals surface area contributed by atoms with Gasteiger partial charge in [-0.15, -0.1) is 0 Å². The zero-order valence-corrected chi connectivity index (χ0v) is 21.6. The Balaban J connectivity index is 1.71. The molecule has 2 amide bonds. The van der Waals surface area contributed by atoms with Crippen molar-refractivity contribution in [2.24, 2.45) is 22.4 Å². The summed E-state index contributed by atoms with van der Waals surface area (Å²) in [6, 6.07) is 9.38. The van der Waals surface area contributed by atoms with Crippen molar-refractivity contribution in [3.8, 4) is 0 Å². The van der Waals surface area contributed by atoms with Crippen LogP contribution >= 0.6 is 0 Å². The van der Waals surface area contributed by atoms with Gasteiger partial charge in [0.05, 0.1) is 10.8 Å². The number of hydrogen-bond donors (Lipinski definition) is 2. The van der Waals surface area contributed by atoms with E-state index >= 15 is 0 Å². The number of carbonyl (C=O) groups excluding carboxylic acids is 2. The second kappa shape index (κ2) is 10.3. The Bertz CT molecular complexity index is 1280. The molecule has 4 rings (SSSR count). The third-order valence-corrected chi connectivity index (χ3v) is 8.77. The van der Waals surface area contributed by atoms with Crippen molar-refractivity contribution in [3.05, 3.63) is 36.4 Å². The molecule has 0 bridgehead atoms. The van der Waals surface area contributed by atoms with Gasteiger partial charge in [-0.2, -0.15) is 0 Å². The molecule has 1 unspecified atom stereocenters. The van der Waals surface area contributed by atoms with Crippen LogP contribution in [0.25, 0.3) is 10.8 Å². The molecule has 11 heteroatoms. The summed E-state index contributed by atoms with van der Waals surface area (Å²) in [5.41, 5.74) is 11.6. The summed E-state index contributed by atoms with van der Waals surface area (Å²) in [7, 11) is -0.512. The molecule has 0 aliphatic carbocycles. The topological polar surface area (TPSA) is 142 Å². The minimum Gasteiger partial charge on any atom is -0.377 e. The van der Waals surface area contributed by atoms with Crippen molar-refractivity contribution in [2.75, 3.05) is 38.6 Å². The minimum atomic E-state index is -4.28. The van der Waals surface area contributed by atoms with Crippen LogP contribution in [0.2, 0.25) is 0 Å². The summed E-state index contributed by atoms with van der Waals surface area (Å²) < 4.78 is 28.7. The van der Waals surface area contributed by atoms with Gasteiger partial charge in [0.15, 0.2) is 5.96 Å². The number of sulfonamides is 1. The largest absolute Gasteiger partial charge is 0.377 e. The van der Waals surface area contributed by atoms with Crippen LogP contribution in [0, 0.1) is 5.92 Å². The maximum atomic E-state index is 13.9. The van der Waals surface area contributed by atoms with E-state index in [-0.39, 0.29) is 16.8 Å². The average molecular weight is 515 g/mol. The first-order chi connectivity index (χ1) is 17.1. The number of amides is 2. The molecule has 2 atom stereocenters. The van der Waals surface area contributed by atoms with Crippen molar-refractivity contribution < 1.29 is 18.0 Å². The number of nitrogens with two attached hydrogens (primary N) is 2. The molecule has 194 valence electrons. The lowest BCUT2D eigenvalue weighted by Gasteiger charge is -2.47. The van der Waals surface area contributed by atoms with Gasteiger partial charge in [0, 0.05) is 50.2 Å². The summed E-state index contributed by atoms with van der Waals surface area (Å²) in [6.45, 7) is 1.44. The zero-order chi connectivity index (χ0) is 26.0. The molecule has 2 fully saturated rings. The fraction of sp³-hybridized carbons (Fsp3) is 0.480. The summed E-state index contributed by atoms with van der Waals surface area (Å²) in [5, 5.41) is 1.26. The summed E-state index contributed by atoms with van der Waals surface area (Å²) in [6.07, 6.45) is 3.55. The molecule has 2 aromatic carbocycles.